The summed E-state index contributed by atoms with van der Waals surface area (Å²) in [6.45, 7) is 3.17. The zero-order valence-corrected chi connectivity index (χ0v) is 18.1. The molecule has 3 aromatic carbocycles. The van der Waals surface area contributed by atoms with Crippen LogP contribution in [0.1, 0.15) is 43.7 Å². The summed E-state index contributed by atoms with van der Waals surface area (Å²) >= 11 is 0. The molecular formula is C28H30NO2+. The highest BCUT2D eigenvalue weighted by Crippen LogP contribution is 2.20. The van der Waals surface area contributed by atoms with Gasteiger partial charge in [0.1, 0.15) is 6.54 Å². The van der Waals surface area contributed by atoms with Crippen molar-refractivity contribution in [2.24, 2.45) is 0 Å². The van der Waals surface area contributed by atoms with Crippen LogP contribution in [0.2, 0.25) is 0 Å². The first-order valence-corrected chi connectivity index (χ1v) is 10.9. The molecule has 0 unspecified atom stereocenters. The number of hydrogen-bond donors (Lipinski definition) is 1. The lowest BCUT2D eigenvalue weighted by atomic mass is 10.0. The number of hydrogen-bond acceptors (Lipinski definition) is 1. The zero-order valence-electron chi connectivity index (χ0n) is 18.1. The van der Waals surface area contributed by atoms with Gasteiger partial charge in [0, 0.05) is 30.2 Å². The highest BCUT2D eigenvalue weighted by Gasteiger charge is 2.10. The van der Waals surface area contributed by atoms with Crippen molar-refractivity contribution in [1.82, 2.24) is 0 Å². The molecule has 1 N–H and O–H groups in total. The molecule has 0 atom stereocenters. The van der Waals surface area contributed by atoms with E-state index in [9.17, 15) is 4.79 Å². The van der Waals surface area contributed by atoms with Gasteiger partial charge in [-0.25, -0.2) is 4.79 Å². The van der Waals surface area contributed by atoms with Crippen LogP contribution in [0.3, 0.4) is 0 Å². The van der Waals surface area contributed by atoms with Crippen LogP contribution < -0.4 is 0 Å². The second-order valence-corrected chi connectivity index (χ2v) is 7.63. The normalized spacial score (nSPS) is 11.7. The van der Waals surface area contributed by atoms with E-state index in [-0.39, 0.29) is 0 Å². The Kier molecular flexibility index (Phi) is 8.36. The fourth-order valence-corrected chi connectivity index (χ4v) is 3.49. The number of carboxylic acids is 1. The Morgan fingerprint density at radius 3 is 2.10 bits per heavy atom. The van der Waals surface area contributed by atoms with Crippen molar-refractivity contribution in [3.05, 3.63) is 96.1 Å². The molecule has 31 heavy (non-hydrogen) atoms. The molecule has 0 saturated heterocycles. The Morgan fingerprint density at radius 1 is 0.806 bits per heavy atom. The third kappa shape index (κ3) is 7.07. The molecule has 0 aliphatic rings. The molecule has 0 radical (unpaired) electrons. The molecule has 0 saturated carbocycles. The fraction of sp³-hybridized carbons (Fsp3) is 0.214. The number of carbonyl (C=O) groups is 1. The Balaban J connectivity index is 1.82. The van der Waals surface area contributed by atoms with Crippen molar-refractivity contribution in [3.63, 3.8) is 0 Å². The lowest BCUT2D eigenvalue weighted by molar-refractivity contribution is -0.436. The average Bonchev–Trinajstić information content (AvgIpc) is 2.81. The van der Waals surface area contributed by atoms with Gasteiger partial charge in [-0.2, -0.15) is 4.58 Å². The Hall–Kier alpha value is -3.46. The van der Waals surface area contributed by atoms with E-state index < -0.39 is 5.97 Å². The quantitative estimate of drug-likeness (QED) is 0.172. The summed E-state index contributed by atoms with van der Waals surface area (Å²) in [5.74, 6) is -0.936. The average molecular weight is 413 g/mol. The monoisotopic (exact) mass is 412 g/mol. The molecule has 3 rings (SSSR count). The summed E-state index contributed by atoms with van der Waals surface area (Å²) in [5.41, 5.74) is 5.57. The lowest BCUT2D eigenvalue weighted by Gasteiger charge is -2.05. The van der Waals surface area contributed by atoms with E-state index >= 15 is 0 Å². The van der Waals surface area contributed by atoms with Crippen LogP contribution in [-0.4, -0.2) is 28.4 Å². The van der Waals surface area contributed by atoms with Crippen LogP contribution in [0.4, 0.5) is 5.69 Å². The molecule has 3 nitrogen and oxygen atoms in total. The molecule has 0 amide bonds. The smallest absolute Gasteiger partial charge is 0.328 e. The third-order valence-corrected chi connectivity index (χ3v) is 5.22. The van der Waals surface area contributed by atoms with Gasteiger partial charge < -0.3 is 5.11 Å². The molecule has 158 valence electrons. The van der Waals surface area contributed by atoms with E-state index in [1.54, 1.807) is 6.08 Å². The topological polar surface area (TPSA) is 40.3 Å². The molecule has 3 heteroatoms. The van der Waals surface area contributed by atoms with Gasteiger partial charge in [-0.15, -0.1) is 0 Å². The molecule has 0 aromatic heterocycles. The molecule has 0 bridgehead atoms. The molecular weight excluding hydrogens is 382 g/mol. The van der Waals surface area contributed by atoms with Gasteiger partial charge in [-0.3, -0.25) is 0 Å². The number of aliphatic carboxylic acids is 1. The maximum absolute atomic E-state index is 10.7. The Labute approximate surface area is 185 Å². The highest BCUT2D eigenvalue weighted by molar-refractivity contribution is 5.85. The van der Waals surface area contributed by atoms with Gasteiger partial charge in [0.25, 0.3) is 0 Å². The summed E-state index contributed by atoms with van der Waals surface area (Å²) in [5, 5.41) is 8.81. The zero-order chi connectivity index (χ0) is 21.9. The van der Waals surface area contributed by atoms with E-state index in [0.29, 0.717) is 0 Å². The summed E-state index contributed by atoms with van der Waals surface area (Å²) < 4.78 is 2.29. The first-order chi connectivity index (χ1) is 15.2. The molecule has 0 aliphatic heterocycles. The second kappa shape index (κ2) is 11.7. The highest BCUT2D eigenvalue weighted by atomic mass is 16.4. The van der Waals surface area contributed by atoms with E-state index in [1.165, 1.54) is 30.4 Å². The van der Waals surface area contributed by atoms with Crippen molar-refractivity contribution in [3.8, 4) is 11.1 Å². The van der Waals surface area contributed by atoms with Crippen LogP contribution in [0.25, 0.3) is 17.2 Å². The largest absolute Gasteiger partial charge is 0.478 e. The van der Waals surface area contributed by atoms with Gasteiger partial charge in [0.05, 0.1) is 0 Å². The van der Waals surface area contributed by atoms with Gasteiger partial charge in [-0.1, -0.05) is 62.2 Å². The lowest BCUT2D eigenvalue weighted by Crippen LogP contribution is -2.10. The maximum atomic E-state index is 10.7. The minimum Gasteiger partial charge on any atom is -0.478 e. The van der Waals surface area contributed by atoms with Gasteiger partial charge in [0.2, 0.25) is 5.69 Å². The van der Waals surface area contributed by atoms with Gasteiger partial charge in [0.15, 0.2) is 6.21 Å². The minimum absolute atomic E-state index is 0.879. The molecule has 0 spiro atoms. The van der Waals surface area contributed by atoms with E-state index in [2.05, 4.69) is 78.4 Å². The van der Waals surface area contributed by atoms with Crippen LogP contribution in [0.5, 0.6) is 0 Å². The van der Waals surface area contributed by atoms with Crippen LogP contribution in [0, 0.1) is 0 Å². The van der Waals surface area contributed by atoms with Crippen molar-refractivity contribution in [2.75, 3.05) is 6.54 Å². The third-order valence-electron chi connectivity index (χ3n) is 5.22. The summed E-state index contributed by atoms with van der Waals surface area (Å²) in [7, 11) is 0. The standard InChI is InChI=1S/C28H29NO2/c1-2-3-4-8-21-29(27-18-13-23(14-19-27)15-20-28(30)31)22-24-11-16-26(17-12-24)25-9-6-5-7-10-25/h5-7,9-20,22H,2-4,8,21H2,1H3/p+1. The summed E-state index contributed by atoms with van der Waals surface area (Å²) in [4.78, 5) is 10.7. The van der Waals surface area contributed by atoms with Crippen molar-refractivity contribution in [1.29, 1.82) is 0 Å². The number of rotatable bonds is 10. The molecule has 0 fully saturated rings. The first kappa shape index (κ1) is 22.2. The SMILES string of the molecule is CCCCCC[N+](=Cc1ccc(-c2ccccc2)cc1)c1ccc(C=CC(=O)O)cc1. The van der Waals surface area contributed by atoms with E-state index in [4.69, 9.17) is 5.11 Å². The molecule has 0 aliphatic carbocycles. The summed E-state index contributed by atoms with van der Waals surface area (Å²) in [6, 6.07) is 27.1. The van der Waals surface area contributed by atoms with Crippen LogP contribution >= 0.6 is 0 Å². The van der Waals surface area contributed by atoms with Gasteiger partial charge >= 0.3 is 5.97 Å². The van der Waals surface area contributed by atoms with Crippen LogP contribution in [0.15, 0.2) is 84.9 Å². The van der Waals surface area contributed by atoms with Crippen LogP contribution in [-0.2, 0) is 4.79 Å². The van der Waals surface area contributed by atoms with Crippen molar-refractivity contribution >= 4 is 23.9 Å². The fourth-order valence-electron chi connectivity index (χ4n) is 3.49. The number of benzene rings is 3. The second-order valence-electron chi connectivity index (χ2n) is 7.63. The number of unbranched alkanes of at least 4 members (excludes halogenated alkanes) is 3. The predicted molar refractivity (Wildman–Crippen MR) is 129 cm³/mol. The first-order valence-electron chi connectivity index (χ1n) is 10.9. The molecule has 0 heterocycles. The predicted octanol–water partition coefficient (Wildman–Crippen LogP) is 6.79. The van der Waals surface area contributed by atoms with Crippen molar-refractivity contribution in [2.45, 2.75) is 32.6 Å². The molecule has 3 aromatic rings. The maximum Gasteiger partial charge on any atom is 0.328 e. The summed E-state index contributed by atoms with van der Waals surface area (Å²) in [6.07, 6.45) is 9.79. The van der Waals surface area contributed by atoms with Gasteiger partial charge in [-0.05, 0) is 53.5 Å². The van der Waals surface area contributed by atoms with Crippen molar-refractivity contribution < 1.29 is 14.5 Å². The van der Waals surface area contributed by atoms with E-state index in [0.717, 1.165) is 35.9 Å². The Morgan fingerprint density at radius 2 is 1.45 bits per heavy atom. The number of nitrogens with zero attached hydrogens (tertiary/aromatic N) is 1. The van der Waals surface area contributed by atoms with E-state index in [1.807, 2.05) is 18.2 Å². The minimum atomic E-state index is -0.936. The number of carboxylic acid groups (broad SMARTS) is 1. The Bertz CT molecular complexity index is 1020.